The molecule has 0 spiro atoms. The minimum absolute atomic E-state index is 0.304. The molecule has 19 heavy (non-hydrogen) atoms. The number of carbonyl (C=O) groups excluding carboxylic acids is 2. The van der Waals surface area contributed by atoms with Crippen LogP contribution in [0, 0.1) is 0 Å². The lowest BCUT2D eigenvalue weighted by Gasteiger charge is -2.09. The zero-order valence-electron chi connectivity index (χ0n) is 10.3. The summed E-state index contributed by atoms with van der Waals surface area (Å²) in [5.74, 6) is 0.0303. The summed E-state index contributed by atoms with van der Waals surface area (Å²) in [6.45, 7) is 0.304. The van der Waals surface area contributed by atoms with Crippen molar-refractivity contribution in [1.29, 1.82) is 0 Å². The van der Waals surface area contributed by atoms with E-state index in [4.69, 9.17) is 4.74 Å². The predicted molar refractivity (Wildman–Crippen MR) is 71.8 cm³/mol. The zero-order valence-corrected chi connectivity index (χ0v) is 11.1. The summed E-state index contributed by atoms with van der Waals surface area (Å²) in [6, 6.07) is 8.64. The molecule has 0 saturated heterocycles. The minimum Gasteiger partial charge on any atom is -0.488 e. The Kier molecular flexibility index (Phi) is 4.30. The Bertz CT molecular complexity index is 589. The van der Waals surface area contributed by atoms with Gasteiger partial charge >= 0.3 is 5.97 Å². The molecular weight excluding hydrogens is 264 g/mol. The van der Waals surface area contributed by atoms with E-state index in [0.717, 1.165) is 11.8 Å². The summed E-state index contributed by atoms with van der Waals surface area (Å²) in [6.07, 6.45) is 0.802. The summed E-state index contributed by atoms with van der Waals surface area (Å²) in [4.78, 5) is 22.8. The van der Waals surface area contributed by atoms with Gasteiger partial charge in [-0.2, -0.15) is 0 Å². The van der Waals surface area contributed by atoms with Crippen LogP contribution in [0.5, 0.6) is 5.75 Å². The van der Waals surface area contributed by atoms with Crippen LogP contribution in [0.1, 0.15) is 25.6 Å². The van der Waals surface area contributed by atoms with Gasteiger partial charge in [0.1, 0.15) is 17.9 Å². The van der Waals surface area contributed by atoms with Crippen LogP contribution in [0.25, 0.3) is 0 Å². The van der Waals surface area contributed by atoms with Gasteiger partial charge in [0, 0.05) is 5.56 Å². The quantitative estimate of drug-likeness (QED) is 0.622. The van der Waals surface area contributed by atoms with Gasteiger partial charge in [-0.05, 0) is 23.6 Å². The summed E-state index contributed by atoms with van der Waals surface area (Å²) >= 11 is 1.36. The average Bonchev–Trinajstić information content (AvgIpc) is 2.92. The van der Waals surface area contributed by atoms with Crippen molar-refractivity contribution in [1.82, 2.24) is 0 Å². The van der Waals surface area contributed by atoms with Gasteiger partial charge in [-0.3, -0.25) is 4.79 Å². The lowest BCUT2D eigenvalue weighted by Crippen LogP contribution is -2.05. The lowest BCUT2D eigenvalue weighted by molar-refractivity contribution is 0.0595. The van der Waals surface area contributed by atoms with Gasteiger partial charge in [-0.15, -0.1) is 11.3 Å². The highest BCUT2D eigenvalue weighted by Gasteiger charge is 2.12. The van der Waals surface area contributed by atoms with Gasteiger partial charge in [0.2, 0.25) is 0 Å². The van der Waals surface area contributed by atoms with Crippen LogP contribution in [0.15, 0.2) is 35.7 Å². The number of benzene rings is 1. The fourth-order valence-corrected chi connectivity index (χ4v) is 2.26. The molecule has 0 amide bonds. The maximum Gasteiger partial charge on any atom is 0.341 e. The van der Waals surface area contributed by atoms with Crippen molar-refractivity contribution in [2.24, 2.45) is 0 Å². The number of hydrogen-bond acceptors (Lipinski definition) is 5. The van der Waals surface area contributed by atoms with E-state index in [9.17, 15) is 9.59 Å². The summed E-state index contributed by atoms with van der Waals surface area (Å²) in [7, 11) is 1.33. The number of thiophene rings is 1. The van der Waals surface area contributed by atoms with E-state index < -0.39 is 5.97 Å². The zero-order chi connectivity index (χ0) is 13.7. The molecule has 0 bridgehead atoms. The molecule has 0 radical (unpaired) electrons. The van der Waals surface area contributed by atoms with Gasteiger partial charge < -0.3 is 9.47 Å². The number of hydrogen-bond donors (Lipinski definition) is 0. The van der Waals surface area contributed by atoms with E-state index in [-0.39, 0.29) is 0 Å². The fourth-order valence-electron chi connectivity index (χ4n) is 1.56. The largest absolute Gasteiger partial charge is 0.488 e. The Labute approximate surface area is 114 Å². The van der Waals surface area contributed by atoms with Crippen LogP contribution >= 0.6 is 11.3 Å². The molecule has 98 valence electrons. The molecule has 2 rings (SSSR count). The molecular formula is C14H12O4S. The summed E-state index contributed by atoms with van der Waals surface area (Å²) < 4.78 is 10.3. The minimum atomic E-state index is -0.436. The molecule has 0 aliphatic heterocycles. The van der Waals surface area contributed by atoms with Crippen molar-refractivity contribution >= 4 is 23.6 Å². The number of rotatable bonds is 5. The maximum absolute atomic E-state index is 11.5. The molecule has 0 atom stereocenters. The van der Waals surface area contributed by atoms with Crippen LogP contribution in [0.2, 0.25) is 0 Å². The number of methoxy groups -OCH3 is 1. The van der Waals surface area contributed by atoms with Gasteiger partial charge in [0.05, 0.1) is 12.0 Å². The van der Waals surface area contributed by atoms with Crippen LogP contribution in [0.4, 0.5) is 0 Å². The molecule has 5 heteroatoms. The normalized spacial score (nSPS) is 9.95. The van der Waals surface area contributed by atoms with E-state index in [2.05, 4.69) is 4.74 Å². The Hall–Kier alpha value is -2.14. The van der Waals surface area contributed by atoms with Gasteiger partial charge in [-0.25, -0.2) is 4.79 Å². The standard InChI is InChI=1S/C14H12O4S/c1-17-14(16)12-4-2-3-5-13(12)18-8-10-6-11(7-15)19-9-10/h2-7,9H,8H2,1H3. The predicted octanol–water partition coefficient (Wildman–Crippen LogP) is 2.93. The molecule has 2 aromatic rings. The van der Waals surface area contributed by atoms with Gasteiger partial charge in [-0.1, -0.05) is 12.1 Å². The Balaban J connectivity index is 2.10. The second-order valence-electron chi connectivity index (χ2n) is 3.75. The van der Waals surface area contributed by atoms with Crippen LogP contribution in [-0.2, 0) is 11.3 Å². The topological polar surface area (TPSA) is 52.6 Å². The van der Waals surface area contributed by atoms with Crippen molar-refractivity contribution in [3.8, 4) is 5.75 Å². The Morgan fingerprint density at radius 3 is 2.84 bits per heavy atom. The van der Waals surface area contributed by atoms with E-state index in [1.165, 1.54) is 18.4 Å². The summed E-state index contributed by atoms with van der Waals surface area (Å²) in [5.41, 5.74) is 1.28. The Morgan fingerprint density at radius 1 is 1.37 bits per heavy atom. The first kappa shape index (κ1) is 13.3. The molecule has 0 aliphatic carbocycles. The highest BCUT2D eigenvalue weighted by Crippen LogP contribution is 2.21. The van der Waals surface area contributed by atoms with Gasteiger partial charge in [0.15, 0.2) is 6.29 Å². The van der Waals surface area contributed by atoms with Crippen LogP contribution in [-0.4, -0.2) is 19.4 Å². The molecule has 4 nitrogen and oxygen atoms in total. The van der Waals surface area contributed by atoms with Crippen LogP contribution < -0.4 is 4.74 Å². The second kappa shape index (κ2) is 6.15. The second-order valence-corrected chi connectivity index (χ2v) is 4.69. The molecule has 1 heterocycles. The van der Waals surface area contributed by atoms with Crippen LogP contribution in [0.3, 0.4) is 0 Å². The first-order valence-electron chi connectivity index (χ1n) is 5.57. The molecule has 0 aliphatic rings. The average molecular weight is 276 g/mol. The smallest absolute Gasteiger partial charge is 0.341 e. The number of para-hydroxylation sites is 1. The molecule has 0 saturated carbocycles. The third-order valence-electron chi connectivity index (χ3n) is 2.48. The number of aldehydes is 1. The van der Waals surface area contributed by atoms with Gasteiger partial charge in [0.25, 0.3) is 0 Å². The SMILES string of the molecule is COC(=O)c1ccccc1OCc1csc(C=O)c1. The third-order valence-corrected chi connectivity index (χ3v) is 3.38. The van der Waals surface area contributed by atoms with Crippen molar-refractivity contribution < 1.29 is 19.1 Å². The van der Waals surface area contributed by atoms with E-state index >= 15 is 0 Å². The van der Waals surface area contributed by atoms with E-state index in [1.807, 2.05) is 5.38 Å². The van der Waals surface area contributed by atoms with Crippen molar-refractivity contribution in [2.45, 2.75) is 6.61 Å². The van der Waals surface area contributed by atoms with E-state index in [0.29, 0.717) is 22.8 Å². The fraction of sp³-hybridized carbons (Fsp3) is 0.143. The first-order valence-corrected chi connectivity index (χ1v) is 6.45. The van der Waals surface area contributed by atoms with Crippen molar-refractivity contribution in [2.75, 3.05) is 7.11 Å². The van der Waals surface area contributed by atoms with E-state index in [1.54, 1.807) is 30.3 Å². The Morgan fingerprint density at radius 2 is 2.16 bits per heavy atom. The monoisotopic (exact) mass is 276 g/mol. The molecule has 0 fully saturated rings. The number of carbonyl (C=O) groups is 2. The number of ether oxygens (including phenoxy) is 2. The van der Waals surface area contributed by atoms with Crippen molar-refractivity contribution in [3.63, 3.8) is 0 Å². The molecule has 1 aromatic heterocycles. The highest BCUT2D eigenvalue weighted by atomic mass is 32.1. The summed E-state index contributed by atoms with van der Waals surface area (Å²) in [5, 5.41) is 1.85. The molecule has 0 unspecified atom stereocenters. The maximum atomic E-state index is 11.5. The molecule has 0 N–H and O–H groups in total. The van der Waals surface area contributed by atoms with Crippen molar-refractivity contribution in [3.05, 3.63) is 51.7 Å². The molecule has 1 aromatic carbocycles. The first-order chi connectivity index (χ1) is 9.24. The third kappa shape index (κ3) is 3.20. The number of esters is 1. The highest BCUT2D eigenvalue weighted by molar-refractivity contribution is 7.11. The lowest BCUT2D eigenvalue weighted by atomic mass is 10.2.